The van der Waals surface area contributed by atoms with Crippen molar-refractivity contribution in [3.05, 3.63) is 28.6 Å². The lowest BCUT2D eigenvalue weighted by Gasteiger charge is -2.24. The van der Waals surface area contributed by atoms with Crippen LogP contribution in [0.4, 0.5) is 0 Å². The van der Waals surface area contributed by atoms with Crippen LogP contribution in [0.15, 0.2) is 22.9 Å². The Morgan fingerprint density at radius 1 is 1.12 bits per heavy atom. The fourth-order valence-electron chi connectivity index (χ4n) is 3.36. The summed E-state index contributed by atoms with van der Waals surface area (Å²) in [7, 11) is 0. The molecule has 26 heavy (non-hydrogen) atoms. The molecule has 0 aromatic carbocycles. The summed E-state index contributed by atoms with van der Waals surface area (Å²) in [5, 5.41) is 4.72. The van der Waals surface area contributed by atoms with Gasteiger partial charge in [-0.25, -0.2) is 4.98 Å². The van der Waals surface area contributed by atoms with Gasteiger partial charge in [0.2, 0.25) is 0 Å². The minimum absolute atomic E-state index is 0.0459. The Morgan fingerprint density at radius 2 is 1.96 bits per heavy atom. The molecule has 0 saturated carbocycles. The van der Waals surface area contributed by atoms with Gasteiger partial charge in [0.1, 0.15) is 16.8 Å². The van der Waals surface area contributed by atoms with E-state index >= 15 is 0 Å². The monoisotopic (exact) mass is 391 g/mol. The Labute approximate surface area is 160 Å². The number of nitrogens with zero attached hydrogens (tertiary/aromatic N) is 3. The van der Waals surface area contributed by atoms with Gasteiger partial charge < -0.3 is 14.5 Å². The summed E-state index contributed by atoms with van der Waals surface area (Å²) in [4.78, 5) is 34.6. The van der Waals surface area contributed by atoms with Crippen molar-refractivity contribution in [2.24, 2.45) is 0 Å². The van der Waals surface area contributed by atoms with E-state index < -0.39 is 0 Å². The number of aromatic nitrogens is 1. The molecule has 1 unspecified atom stereocenters. The maximum absolute atomic E-state index is 12.8. The SMILES string of the molecule is O=C(c1csc(-c2cccs2)n1)N1CCCN(C(=O)C2CCCO2)CC1. The highest BCUT2D eigenvalue weighted by Crippen LogP contribution is 2.28. The Bertz CT molecular complexity index is 769. The van der Waals surface area contributed by atoms with Crippen LogP contribution in [-0.4, -0.2) is 65.5 Å². The molecule has 2 fully saturated rings. The Kier molecular flexibility index (Phi) is 5.33. The minimum Gasteiger partial charge on any atom is -0.368 e. The van der Waals surface area contributed by atoms with Crippen molar-refractivity contribution < 1.29 is 14.3 Å². The molecular weight excluding hydrogens is 370 g/mol. The normalized spacial score (nSPS) is 21.0. The lowest BCUT2D eigenvalue weighted by atomic mass is 10.2. The summed E-state index contributed by atoms with van der Waals surface area (Å²) >= 11 is 3.12. The zero-order valence-electron chi connectivity index (χ0n) is 14.4. The summed E-state index contributed by atoms with van der Waals surface area (Å²) in [6.45, 7) is 3.11. The van der Waals surface area contributed by atoms with E-state index in [1.807, 2.05) is 32.7 Å². The lowest BCUT2D eigenvalue weighted by molar-refractivity contribution is -0.140. The topological polar surface area (TPSA) is 62.7 Å². The third-order valence-corrected chi connectivity index (χ3v) is 6.64. The van der Waals surface area contributed by atoms with E-state index in [1.165, 1.54) is 11.3 Å². The van der Waals surface area contributed by atoms with Crippen LogP contribution in [0.25, 0.3) is 9.88 Å². The van der Waals surface area contributed by atoms with Crippen LogP contribution in [0.2, 0.25) is 0 Å². The van der Waals surface area contributed by atoms with Gasteiger partial charge in [0.15, 0.2) is 0 Å². The van der Waals surface area contributed by atoms with E-state index in [0.29, 0.717) is 38.5 Å². The fraction of sp³-hybridized carbons (Fsp3) is 0.500. The van der Waals surface area contributed by atoms with E-state index in [-0.39, 0.29) is 17.9 Å². The molecule has 2 aliphatic heterocycles. The second-order valence-corrected chi connectivity index (χ2v) is 8.29. The molecule has 2 aliphatic rings. The molecule has 0 aliphatic carbocycles. The fourth-order valence-corrected chi connectivity index (χ4v) is 4.97. The molecule has 2 aromatic rings. The predicted molar refractivity (Wildman–Crippen MR) is 102 cm³/mol. The molecule has 4 heterocycles. The first-order chi connectivity index (χ1) is 12.7. The van der Waals surface area contributed by atoms with Gasteiger partial charge >= 0.3 is 0 Å². The molecule has 0 radical (unpaired) electrons. The van der Waals surface area contributed by atoms with E-state index in [1.54, 1.807) is 11.3 Å². The predicted octanol–water partition coefficient (Wildman–Crippen LogP) is 2.73. The second kappa shape index (κ2) is 7.85. The average Bonchev–Trinajstić information content (AvgIpc) is 3.39. The van der Waals surface area contributed by atoms with Crippen molar-refractivity contribution in [3.63, 3.8) is 0 Å². The minimum atomic E-state index is -0.288. The largest absolute Gasteiger partial charge is 0.368 e. The van der Waals surface area contributed by atoms with Crippen molar-refractivity contribution in [3.8, 4) is 9.88 Å². The van der Waals surface area contributed by atoms with Crippen LogP contribution < -0.4 is 0 Å². The van der Waals surface area contributed by atoms with E-state index in [0.717, 1.165) is 29.1 Å². The lowest BCUT2D eigenvalue weighted by Crippen LogP contribution is -2.41. The number of carbonyl (C=O) groups is 2. The first-order valence-corrected chi connectivity index (χ1v) is 10.7. The van der Waals surface area contributed by atoms with Crippen LogP contribution >= 0.6 is 22.7 Å². The van der Waals surface area contributed by atoms with Gasteiger partial charge in [0.05, 0.1) is 4.88 Å². The highest BCUT2D eigenvalue weighted by molar-refractivity contribution is 7.20. The number of thiophene rings is 1. The number of hydrogen-bond acceptors (Lipinski definition) is 6. The van der Waals surface area contributed by atoms with Gasteiger partial charge in [-0.3, -0.25) is 9.59 Å². The highest BCUT2D eigenvalue weighted by atomic mass is 32.1. The Balaban J connectivity index is 1.39. The van der Waals surface area contributed by atoms with E-state index in [9.17, 15) is 9.59 Å². The van der Waals surface area contributed by atoms with Crippen molar-refractivity contribution >= 4 is 34.5 Å². The molecule has 2 amide bonds. The average molecular weight is 392 g/mol. The van der Waals surface area contributed by atoms with Gasteiger partial charge in [-0.2, -0.15) is 0 Å². The molecule has 0 N–H and O–H groups in total. The smallest absolute Gasteiger partial charge is 0.273 e. The maximum Gasteiger partial charge on any atom is 0.273 e. The number of rotatable bonds is 3. The molecule has 2 aromatic heterocycles. The standard InChI is InChI=1S/C18H21N3O3S2/c22-17(13-12-26-16(19-13)15-5-2-11-25-15)20-6-3-7-21(9-8-20)18(23)14-4-1-10-24-14/h2,5,11-12,14H,1,3-4,6-10H2. The summed E-state index contributed by atoms with van der Waals surface area (Å²) in [6.07, 6.45) is 2.25. The first kappa shape index (κ1) is 17.6. The number of amides is 2. The molecule has 0 spiro atoms. The summed E-state index contributed by atoms with van der Waals surface area (Å²) in [5.74, 6) is 0.0286. The quantitative estimate of drug-likeness (QED) is 0.807. The molecule has 8 heteroatoms. The summed E-state index contributed by atoms with van der Waals surface area (Å²) in [5.41, 5.74) is 0.498. The third-order valence-electron chi connectivity index (χ3n) is 4.76. The second-order valence-electron chi connectivity index (χ2n) is 6.49. The molecule has 2 saturated heterocycles. The van der Waals surface area contributed by atoms with E-state index in [2.05, 4.69) is 4.98 Å². The zero-order chi connectivity index (χ0) is 17.9. The van der Waals surface area contributed by atoms with Crippen LogP contribution in [-0.2, 0) is 9.53 Å². The molecule has 0 bridgehead atoms. The molecule has 138 valence electrons. The van der Waals surface area contributed by atoms with Gasteiger partial charge in [-0.1, -0.05) is 6.07 Å². The number of hydrogen-bond donors (Lipinski definition) is 0. The molecule has 6 nitrogen and oxygen atoms in total. The summed E-state index contributed by atoms with van der Waals surface area (Å²) in [6, 6.07) is 4.00. The number of thiazole rings is 1. The van der Waals surface area contributed by atoms with E-state index in [4.69, 9.17) is 4.74 Å². The molecule has 4 rings (SSSR count). The van der Waals surface area contributed by atoms with Crippen LogP contribution in [0.5, 0.6) is 0 Å². The van der Waals surface area contributed by atoms with Crippen molar-refractivity contribution in [1.82, 2.24) is 14.8 Å². The van der Waals surface area contributed by atoms with Crippen LogP contribution in [0.3, 0.4) is 0 Å². The van der Waals surface area contributed by atoms with Crippen LogP contribution in [0, 0.1) is 0 Å². The number of carbonyl (C=O) groups excluding carboxylic acids is 2. The third kappa shape index (κ3) is 3.67. The van der Waals surface area contributed by atoms with Gasteiger partial charge in [0.25, 0.3) is 11.8 Å². The summed E-state index contributed by atoms with van der Waals surface area (Å²) < 4.78 is 5.51. The highest BCUT2D eigenvalue weighted by Gasteiger charge is 2.30. The van der Waals surface area contributed by atoms with Gasteiger partial charge in [-0.15, -0.1) is 22.7 Å². The van der Waals surface area contributed by atoms with Crippen molar-refractivity contribution in [2.45, 2.75) is 25.4 Å². The number of ether oxygens (including phenoxy) is 1. The Hall–Kier alpha value is -1.77. The van der Waals surface area contributed by atoms with Crippen LogP contribution in [0.1, 0.15) is 29.8 Å². The first-order valence-electron chi connectivity index (χ1n) is 8.91. The van der Waals surface area contributed by atoms with Crippen molar-refractivity contribution in [1.29, 1.82) is 0 Å². The molecule has 1 atom stereocenters. The zero-order valence-corrected chi connectivity index (χ0v) is 16.1. The molecular formula is C18H21N3O3S2. The Morgan fingerprint density at radius 3 is 2.73 bits per heavy atom. The van der Waals surface area contributed by atoms with Gasteiger partial charge in [-0.05, 0) is 30.7 Å². The van der Waals surface area contributed by atoms with Gasteiger partial charge in [0, 0.05) is 38.2 Å². The maximum atomic E-state index is 12.8. The van der Waals surface area contributed by atoms with Crippen molar-refractivity contribution in [2.75, 3.05) is 32.8 Å².